The van der Waals surface area contributed by atoms with Crippen LogP contribution in [0.4, 0.5) is 5.82 Å². The molecule has 0 aliphatic rings. The summed E-state index contributed by atoms with van der Waals surface area (Å²) in [5, 5.41) is 7.90. The van der Waals surface area contributed by atoms with Crippen LogP contribution in [0.5, 0.6) is 5.75 Å². The Morgan fingerprint density at radius 1 is 1.25 bits per heavy atom. The van der Waals surface area contributed by atoms with Gasteiger partial charge < -0.3 is 15.0 Å². The Balaban J connectivity index is 2.17. The summed E-state index contributed by atoms with van der Waals surface area (Å²) < 4.78 is 10.8. The summed E-state index contributed by atoms with van der Waals surface area (Å²) in [6.07, 6.45) is 0. The molecule has 20 heavy (non-hydrogen) atoms. The second kappa shape index (κ2) is 5.02. The molecule has 5 heteroatoms. The van der Waals surface area contributed by atoms with Crippen molar-refractivity contribution in [3.8, 4) is 28.2 Å². The van der Waals surface area contributed by atoms with Crippen molar-refractivity contribution in [3.63, 3.8) is 0 Å². The van der Waals surface area contributed by atoms with Crippen LogP contribution in [0.15, 0.2) is 39.5 Å². The molecule has 0 saturated heterocycles. The van der Waals surface area contributed by atoms with Gasteiger partial charge in [-0.15, -0.1) is 0 Å². The Labute approximate surface area is 120 Å². The van der Waals surface area contributed by atoms with Gasteiger partial charge >= 0.3 is 0 Å². The molecule has 0 saturated carbocycles. The number of nitrogen functional groups attached to an aromatic ring is 1. The quantitative estimate of drug-likeness (QED) is 0.791. The maximum Gasteiger partial charge on any atom is 0.177 e. The summed E-state index contributed by atoms with van der Waals surface area (Å²) in [5.74, 6) is 1.89. The molecule has 0 unspecified atom stereocenters. The number of methoxy groups -OCH3 is 1. The number of hydrogen-bond donors (Lipinski definition) is 1. The van der Waals surface area contributed by atoms with E-state index in [1.165, 1.54) is 0 Å². The maximum atomic E-state index is 5.97. The van der Waals surface area contributed by atoms with Gasteiger partial charge in [-0.3, -0.25) is 0 Å². The van der Waals surface area contributed by atoms with Crippen LogP contribution in [0.3, 0.4) is 0 Å². The molecular formula is C15H14N2O2S. The summed E-state index contributed by atoms with van der Waals surface area (Å²) >= 11 is 1.60. The fourth-order valence-electron chi connectivity index (χ4n) is 2.15. The van der Waals surface area contributed by atoms with E-state index in [0.29, 0.717) is 11.6 Å². The number of aryl methyl sites for hydroxylation is 1. The van der Waals surface area contributed by atoms with Gasteiger partial charge in [0, 0.05) is 10.9 Å². The number of thiophene rings is 1. The number of ether oxygens (including phenoxy) is 1. The standard InChI is InChI=1S/C15H14N2O2S/c1-9-3-4-10(7-12(9)18-2)13-14(19-17-15(13)16)11-5-6-20-8-11/h3-8H,1-2H3,(H2,16,17). The summed E-state index contributed by atoms with van der Waals surface area (Å²) in [7, 11) is 1.66. The van der Waals surface area contributed by atoms with Crippen LogP contribution >= 0.6 is 11.3 Å². The molecule has 0 aliphatic carbocycles. The molecule has 0 radical (unpaired) electrons. The highest BCUT2D eigenvalue weighted by molar-refractivity contribution is 7.08. The van der Waals surface area contributed by atoms with E-state index in [4.69, 9.17) is 15.0 Å². The Kier molecular flexibility index (Phi) is 3.20. The zero-order chi connectivity index (χ0) is 14.1. The Morgan fingerprint density at radius 3 is 2.80 bits per heavy atom. The SMILES string of the molecule is COc1cc(-c2c(N)noc2-c2ccsc2)ccc1C. The first-order valence-electron chi connectivity index (χ1n) is 6.13. The van der Waals surface area contributed by atoms with Crippen LogP contribution in [0.25, 0.3) is 22.5 Å². The highest BCUT2D eigenvalue weighted by Crippen LogP contribution is 2.38. The molecule has 2 N–H and O–H groups in total. The lowest BCUT2D eigenvalue weighted by atomic mass is 10.0. The van der Waals surface area contributed by atoms with E-state index in [9.17, 15) is 0 Å². The largest absolute Gasteiger partial charge is 0.496 e. The molecular weight excluding hydrogens is 272 g/mol. The molecule has 0 spiro atoms. The molecule has 0 amide bonds. The number of aromatic nitrogens is 1. The Bertz CT molecular complexity index is 732. The van der Waals surface area contributed by atoms with E-state index in [2.05, 4.69) is 5.16 Å². The van der Waals surface area contributed by atoms with E-state index in [-0.39, 0.29) is 0 Å². The highest BCUT2D eigenvalue weighted by atomic mass is 32.1. The minimum atomic E-state index is 0.386. The first-order valence-corrected chi connectivity index (χ1v) is 7.07. The number of benzene rings is 1. The van der Waals surface area contributed by atoms with Crippen LogP contribution in [-0.2, 0) is 0 Å². The minimum Gasteiger partial charge on any atom is -0.496 e. The molecule has 3 rings (SSSR count). The first-order chi connectivity index (χ1) is 9.70. The van der Waals surface area contributed by atoms with E-state index in [1.54, 1.807) is 18.4 Å². The van der Waals surface area contributed by atoms with E-state index < -0.39 is 0 Å². The normalized spacial score (nSPS) is 10.7. The smallest absolute Gasteiger partial charge is 0.177 e. The molecule has 0 atom stereocenters. The van der Waals surface area contributed by atoms with Crippen molar-refractivity contribution in [1.29, 1.82) is 0 Å². The van der Waals surface area contributed by atoms with E-state index in [0.717, 1.165) is 28.0 Å². The third kappa shape index (κ3) is 2.06. The van der Waals surface area contributed by atoms with Gasteiger partial charge in [0.25, 0.3) is 0 Å². The lowest BCUT2D eigenvalue weighted by Gasteiger charge is -2.07. The van der Waals surface area contributed by atoms with Crippen LogP contribution in [0.2, 0.25) is 0 Å². The number of rotatable bonds is 3. The van der Waals surface area contributed by atoms with Crippen LogP contribution in [-0.4, -0.2) is 12.3 Å². The Hall–Kier alpha value is -2.27. The van der Waals surface area contributed by atoms with Gasteiger partial charge in [-0.1, -0.05) is 17.3 Å². The summed E-state index contributed by atoms with van der Waals surface area (Å²) in [5.41, 5.74) is 9.76. The van der Waals surface area contributed by atoms with Gasteiger partial charge in [-0.2, -0.15) is 11.3 Å². The average Bonchev–Trinajstić information content (AvgIpc) is 3.08. The first kappa shape index (κ1) is 12.7. The van der Waals surface area contributed by atoms with Crippen molar-refractivity contribution in [2.75, 3.05) is 12.8 Å². The molecule has 2 aromatic heterocycles. The predicted molar refractivity (Wildman–Crippen MR) is 81.0 cm³/mol. The van der Waals surface area contributed by atoms with Gasteiger partial charge in [0.2, 0.25) is 0 Å². The molecule has 0 bridgehead atoms. The van der Waals surface area contributed by atoms with Gasteiger partial charge in [0.1, 0.15) is 5.75 Å². The molecule has 0 aliphatic heterocycles. The van der Waals surface area contributed by atoms with Crippen LogP contribution in [0, 0.1) is 6.92 Å². The zero-order valence-electron chi connectivity index (χ0n) is 11.2. The molecule has 102 valence electrons. The lowest BCUT2D eigenvalue weighted by Crippen LogP contribution is -1.91. The van der Waals surface area contributed by atoms with Crippen molar-refractivity contribution < 1.29 is 9.26 Å². The number of hydrogen-bond acceptors (Lipinski definition) is 5. The fourth-order valence-corrected chi connectivity index (χ4v) is 2.78. The summed E-state index contributed by atoms with van der Waals surface area (Å²) in [6.45, 7) is 2.00. The molecule has 0 fully saturated rings. The second-order valence-corrected chi connectivity index (χ2v) is 5.25. The second-order valence-electron chi connectivity index (χ2n) is 4.47. The lowest BCUT2D eigenvalue weighted by molar-refractivity contribution is 0.412. The van der Waals surface area contributed by atoms with Gasteiger partial charge in [-0.05, 0) is 35.6 Å². The van der Waals surface area contributed by atoms with Crippen molar-refractivity contribution >= 4 is 17.2 Å². The van der Waals surface area contributed by atoms with Crippen molar-refractivity contribution in [3.05, 3.63) is 40.6 Å². The molecule has 4 nitrogen and oxygen atoms in total. The van der Waals surface area contributed by atoms with Crippen molar-refractivity contribution in [1.82, 2.24) is 5.16 Å². The van der Waals surface area contributed by atoms with E-state index in [1.807, 2.05) is 41.9 Å². The average molecular weight is 286 g/mol. The molecule has 1 aromatic carbocycles. The third-order valence-corrected chi connectivity index (χ3v) is 3.88. The van der Waals surface area contributed by atoms with Crippen LogP contribution in [0.1, 0.15) is 5.56 Å². The van der Waals surface area contributed by atoms with Gasteiger partial charge in [0.05, 0.1) is 12.7 Å². The summed E-state index contributed by atoms with van der Waals surface area (Å²) in [4.78, 5) is 0. The van der Waals surface area contributed by atoms with Gasteiger partial charge in [-0.25, -0.2) is 0 Å². The van der Waals surface area contributed by atoms with Gasteiger partial charge in [0.15, 0.2) is 11.6 Å². The summed E-state index contributed by atoms with van der Waals surface area (Å²) in [6, 6.07) is 7.93. The fraction of sp³-hybridized carbons (Fsp3) is 0.133. The zero-order valence-corrected chi connectivity index (χ0v) is 12.0. The van der Waals surface area contributed by atoms with Crippen molar-refractivity contribution in [2.24, 2.45) is 0 Å². The van der Waals surface area contributed by atoms with E-state index >= 15 is 0 Å². The third-order valence-electron chi connectivity index (χ3n) is 3.20. The number of nitrogens with two attached hydrogens (primary N) is 1. The minimum absolute atomic E-state index is 0.386. The maximum absolute atomic E-state index is 5.97. The topological polar surface area (TPSA) is 61.3 Å². The van der Waals surface area contributed by atoms with Crippen molar-refractivity contribution in [2.45, 2.75) is 6.92 Å². The monoisotopic (exact) mass is 286 g/mol. The molecule has 3 aromatic rings. The Morgan fingerprint density at radius 2 is 2.10 bits per heavy atom. The highest BCUT2D eigenvalue weighted by Gasteiger charge is 2.18. The van der Waals surface area contributed by atoms with Crippen LogP contribution < -0.4 is 10.5 Å². The number of anilines is 1. The molecule has 2 heterocycles. The predicted octanol–water partition coefficient (Wildman–Crippen LogP) is 3.97. The number of nitrogens with zero attached hydrogens (tertiary/aromatic N) is 1.